The molecule has 0 bridgehead atoms. The monoisotopic (exact) mass is 361 g/mol. The standard InChI is InChI=1S/C19H27N3O4/c1-19(5-7-26-13-19)18(25)21(2)12-15-4-3-6-22(15)17(24)9-14-8-16(23)11-20-10-14/h8,10-11,15,23H,3-7,9,12-13H2,1-2H3/t15-,19?/m1/s1. The second-order valence-electron chi connectivity index (χ2n) is 7.66. The number of hydrogen-bond acceptors (Lipinski definition) is 5. The zero-order valence-corrected chi connectivity index (χ0v) is 15.5. The van der Waals surface area contributed by atoms with Gasteiger partial charge in [0.25, 0.3) is 0 Å². The van der Waals surface area contributed by atoms with Crippen LogP contribution in [0.25, 0.3) is 0 Å². The van der Waals surface area contributed by atoms with E-state index in [1.165, 1.54) is 6.20 Å². The molecule has 2 atom stereocenters. The van der Waals surface area contributed by atoms with Crippen molar-refractivity contribution < 1.29 is 19.4 Å². The lowest BCUT2D eigenvalue weighted by molar-refractivity contribution is -0.142. The van der Waals surface area contributed by atoms with Crippen molar-refractivity contribution in [3.63, 3.8) is 0 Å². The normalized spacial score (nSPS) is 25.5. The third-order valence-corrected chi connectivity index (χ3v) is 5.40. The Kier molecular flexibility index (Phi) is 5.46. The van der Waals surface area contributed by atoms with Gasteiger partial charge in [-0.2, -0.15) is 0 Å². The van der Waals surface area contributed by atoms with Crippen LogP contribution in [0, 0.1) is 5.41 Å². The molecule has 0 aromatic carbocycles. The number of likely N-dealkylation sites (tertiary alicyclic amines) is 1. The first-order valence-corrected chi connectivity index (χ1v) is 9.15. The molecule has 2 aliphatic rings. The van der Waals surface area contributed by atoms with Crippen molar-refractivity contribution in [2.45, 2.75) is 38.6 Å². The van der Waals surface area contributed by atoms with Gasteiger partial charge >= 0.3 is 0 Å². The third-order valence-electron chi connectivity index (χ3n) is 5.40. The van der Waals surface area contributed by atoms with Crippen molar-refractivity contribution in [3.8, 4) is 5.75 Å². The summed E-state index contributed by atoms with van der Waals surface area (Å²) in [5.74, 6) is 0.160. The molecule has 3 rings (SSSR count). The van der Waals surface area contributed by atoms with E-state index in [2.05, 4.69) is 4.98 Å². The van der Waals surface area contributed by atoms with Crippen molar-refractivity contribution in [1.82, 2.24) is 14.8 Å². The van der Waals surface area contributed by atoms with Gasteiger partial charge in [-0.05, 0) is 37.8 Å². The molecule has 2 fully saturated rings. The van der Waals surface area contributed by atoms with Gasteiger partial charge < -0.3 is 19.6 Å². The lowest BCUT2D eigenvalue weighted by atomic mass is 9.88. The number of aromatic hydroxyl groups is 1. The molecule has 1 unspecified atom stereocenters. The van der Waals surface area contributed by atoms with Gasteiger partial charge in [-0.1, -0.05) is 0 Å². The number of carbonyl (C=O) groups excluding carboxylic acids is 2. The maximum Gasteiger partial charge on any atom is 0.230 e. The Morgan fingerprint density at radius 1 is 1.46 bits per heavy atom. The summed E-state index contributed by atoms with van der Waals surface area (Å²) in [5.41, 5.74) is 0.246. The highest BCUT2D eigenvalue weighted by molar-refractivity contribution is 5.83. The van der Waals surface area contributed by atoms with Crippen molar-refractivity contribution in [2.75, 3.05) is 33.4 Å². The molecule has 1 N–H and O–H groups in total. The van der Waals surface area contributed by atoms with Gasteiger partial charge in [0.15, 0.2) is 0 Å². The second kappa shape index (κ2) is 7.61. The number of carbonyl (C=O) groups is 2. The number of aromatic nitrogens is 1. The van der Waals surface area contributed by atoms with Crippen LogP contribution in [-0.4, -0.2) is 71.1 Å². The average molecular weight is 361 g/mol. The summed E-state index contributed by atoms with van der Waals surface area (Å²) in [5, 5.41) is 9.51. The Labute approximate surface area is 153 Å². The molecule has 3 heterocycles. The molecule has 0 saturated carbocycles. The topological polar surface area (TPSA) is 83.0 Å². The Balaban J connectivity index is 1.60. The minimum absolute atomic E-state index is 0.0103. The van der Waals surface area contributed by atoms with Crippen LogP contribution in [0.5, 0.6) is 5.75 Å². The zero-order chi connectivity index (χ0) is 18.7. The summed E-state index contributed by atoms with van der Waals surface area (Å²) in [6, 6.07) is 1.60. The van der Waals surface area contributed by atoms with E-state index in [1.54, 1.807) is 17.2 Å². The highest BCUT2D eigenvalue weighted by atomic mass is 16.5. The first kappa shape index (κ1) is 18.6. The second-order valence-corrected chi connectivity index (χ2v) is 7.66. The fraction of sp³-hybridized carbons (Fsp3) is 0.632. The number of ether oxygens (including phenoxy) is 1. The van der Waals surface area contributed by atoms with E-state index in [4.69, 9.17) is 4.74 Å². The summed E-state index contributed by atoms with van der Waals surface area (Å²) in [6.07, 6.45) is 5.74. The van der Waals surface area contributed by atoms with Crippen LogP contribution in [0.4, 0.5) is 0 Å². The highest BCUT2D eigenvalue weighted by Crippen LogP contribution is 2.30. The van der Waals surface area contributed by atoms with E-state index in [0.717, 1.165) is 19.3 Å². The predicted octanol–water partition coefficient (Wildman–Crippen LogP) is 1.21. The molecule has 0 radical (unpaired) electrons. The molecule has 0 spiro atoms. The molecule has 0 aliphatic carbocycles. The summed E-state index contributed by atoms with van der Waals surface area (Å²) in [7, 11) is 1.81. The maximum atomic E-state index is 12.8. The summed E-state index contributed by atoms with van der Waals surface area (Å²) in [6.45, 7) is 4.29. The highest BCUT2D eigenvalue weighted by Gasteiger charge is 2.40. The van der Waals surface area contributed by atoms with Crippen molar-refractivity contribution in [3.05, 3.63) is 24.0 Å². The van der Waals surface area contributed by atoms with E-state index < -0.39 is 5.41 Å². The number of rotatable bonds is 5. The minimum Gasteiger partial charge on any atom is -0.506 e. The smallest absolute Gasteiger partial charge is 0.230 e. The Morgan fingerprint density at radius 3 is 2.96 bits per heavy atom. The maximum absolute atomic E-state index is 12.8. The Bertz CT molecular complexity index is 673. The van der Waals surface area contributed by atoms with Gasteiger partial charge in [-0.3, -0.25) is 14.6 Å². The molecule has 2 saturated heterocycles. The number of nitrogens with zero attached hydrogens (tertiary/aromatic N) is 3. The summed E-state index contributed by atoms with van der Waals surface area (Å²) < 4.78 is 5.40. The van der Waals surface area contributed by atoms with E-state index in [-0.39, 0.29) is 30.0 Å². The molecular weight excluding hydrogens is 334 g/mol. The van der Waals surface area contributed by atoms with Gasteiger partial charge in [-0.25, -0.2) is 0 Å². The number of hydrogen-bond donors (Lipinski definition) is 1. The van der Waals surface area contributed by atoms with Crippen molar-refractivity contribution in [1.29, 1.82) is 0 Å². The van der Waals surface area contributed by atoms with Crippen molar-refractivity contribution in [2.24, 2.45) is 5.41 Å². The minimum atomic E-state index is -0.449. The van der Waals surface area contributed by atoms with E-state index in [1.807, 2.05) is 18.9 Å². The molecule has 1 aromatic rings. The van der Waals surface area contributed by atoms with Crippen molar-refractivity contribution >= 4 is 11.8 Å². The Hall–Kier alpha value is -2.15. The van der Waals surface area contributed by atoms with Crippen LogP contribution in [0.3, 0.4) is 0 Å². The van der Waals surface area contributed by atoms with Crippen LogP contribution in [0.1, 0.15) is 31.7 Å². The molecule has 7 heteroatoms. The van der Waals surface area contributed by atoms with Gasteiger partial charge in [0.2, 0.25) is 11.8 Å². The number of likely N-dealkylation sites (N-methyl/N-ethyl adjacent to an activating group) is 1. The molecular formula is C19H27N3O4. The average Bonchev–Trinajstić information content (AvgIpc) is 3.24. The van der Waals surface area contributed by atoms with Crippen LogP contribution < -0.4 is 0 Å². The third kappa shape index (κ3) is 3.98. The van der Waals surface area contributed by atoms with Gasteiger partial charge in [0, 0.05) is 39.0 Å². The fourth-order valence-corrected chi connectivity index (χ4v) is 3.90. The number of amides is 2. The van der Waals surface area contributed by atoms with Gasteiger partial charge in [-0.15, -0.1) is 0 Å². The SMILES string of the molecule is CN(C[C@H]1CCCN1C(=O)Cc1cncc(O)c1)C(=O)C1(C)CCOC1. The molecule has 7 nitrogen and oxygen atoms in total. The lowest BCUT2D eigenvalue weighted by Gasteiger charge is -2.32. The Morgan fingerprint density at radius 2 is 2.27 bits per heavy atom. The van der Waals surface area contributed by atoms with Gasteiger partial charge in [0.1, 0.15) is 5.75 Å². The van der Waals surface area contributed by atoms with E-state index in [9.17, 15) is 14.7 Å². The molecule has 1 aromatic heterocycles. The zero-order valence-electron chi connectivity index (χ0n) is 15.5. The molecule has 26 heavy (non-hydrogen) atoms. The quantitative estimate of drug-likeness (QED) is 0.852. The van der Waals surface area contributed by atoms with Crippen LogP contribution >= 0.6 is 0 Å². The van der Waals surface area contributed by atoms with Gasteiger partial charge in [0.05, 0.1) is 24.6 Å². The van der Waals surface area contributed by atoms with E-state index in [0.29, 0.717) is 31.9 Å². The molecule has 142 valence electrons. The fourth-order valence-electron chi connectivity index (χ4n) is 3.90. The van der Waals surface area contributed by atoms with E-state index >= 15 is 0 Å². The lowest BCUT2D eigenvalue weighted by Crippen LogP contribution is -2.48. The van der Waals surface area contributed by atoms with Crippen LogP contribution in [0.15, 0.2) is 18.5 Å². The predicted molar refractivity (Wildman–Crippen MR) is 95.5 cm³/mol. The summed E-state index contributed by atoms with van der Waals surface area (Å²) in [4.78, 5) is 33.0. The first-order chi connectivity index (χ1) is 12.4. The van der Waals surface area contributed by atoms with Crippen LogP contribution in [0.2, 0.25) is 0 Å². The summed E-state index contributed by atoms with van der Waals surface area (Å²) >= 11 is 0. The van der Waals surface area contributed by atoms with Crippen LogP contribution in [-0.2, 0) is 20.7 Å². The first-order valence-electron chi connectivity index (χ1n) is 9.15. The molecule has 2 amide bonds. The number of pyridine rings is 1. The largest absolute Gasteiger partial charge is 0.506 e. The molecule has 2 aliphatic heterocycles.